The average Bonchev–Trinajstić information content (AvgIpc) is 2.57. The highest BCUT2D eigenvalue weighted by Gasteiger charge is 2.16. The van der Waals surface area contributed by atoms with Gasteiger partial charge in [0.1, 0.15) is 35.4 Å². The summed E-state index contributed by atoms with van der Waals surface area (Å²) < 4.78 is 55.1. The van der Waals surface area contributed by atoms with Crippen molar-refractivity contribution in [3.05, 3.63) is 47.2 Å². The first kappa shape index (κ1) is 19.1. The number of methoxy groups -OCH3 is 2. The number of rotatable bonds is 8. The molecule has 0 aromatic heterocycles. The lowest BCUT2D eigenvalue weighted by atomic mass is 10.3. The summed E-state index contributed by atoms with van der Waals surface area (Å²) in [6, 6.07) is 8.18. The van der Waals surface area contributed by atoms with Gasteiger partial charge in [-0.15, -0.1) is 0 Å². The third kappa shape index (κ3) is 5.40. The Morgan fingerprint density at radius 3 is 2.32 bits per heavy atom. The summed E-state index contributed by atoms with van der Waals surface area (Å²) in [6.45, 7) is -0.103. The molecule has 2 aromatic rings. The quantitative estimate of drug-likeness (QED) is 0.749. The molecule has 0 aliphatic heterocycles. The fourth-order valence-corrected chi connectivity index (χ4v) is 3.09. The Bertz CT molecular complexity index is 827. The number of hydrogen-bond acceptors (Lipinski definition) is 5. The SMILES string of the molecule is COc1cc(NS(=O)(=O)CCOc2ccc(F)cc2)c(OC)cc1Cl. The van der Waals surface area contributed by atoms with Crippen molar-refractivity contribution < 1.29 is 27.0 Å². The monoisotopic (exact) mass is 389 g/mol. The minimum absolute atomic E-state index is 0.103. The van der Waals surface area contributed by atoms with Crippen LogP contribution in [0.25, 0.3) is 0 Å². The molecule has 0 amide bonds. The highest BCUT2D eigenvalue weighted by Crippen LogP contribution is 2.36. The zero-order valence-electron chi connectivity index (χ0n) is 13.6. The Morgan fingerprint density at radius 1 is 1.08 bits per heavy atom. The van der Waals surface area contributed by atoms with Crippen molar-refractivity contribution in [2.24, 2.45) is 0 Å². The van der Waals surface area contributed by atoms with E-state index in [1.165, 1.54) is 50.6 Å². The van der Waals surface area contributed by atoms with E-state index in [9.17, 15) is 12.8 Å². The molecule has 0 aliphatic rings. The summed E-state index contributed by atoms with van der Waals surface area (Å²) in [5.41, 5.74) is 0.200. The smallest absolute Gasteiger partial charge is 0.236 e. The second-order valence-corrected chi connectivity index (χ2v) is 7.16. The van der Waals surface area contributed by atoms with Crippen LogP contribution in [0.2, 0.25) is 5.02 Å². The molecule has 136 valence electrons. The Hall–Kier alpha value is -2.19. The number of benzene rings is 2. The van der Waals surface area contributed by atoms with Crippen molar-refractivity contribution in [2.45, 2.75) is 0 Å². The van der Waals surface area contributed by atoms with E-state index in [1.54, 1.807) is 0 Å². The molecule has 0 saturated carbocycles. The van der Waals surface area contributed by atoms with Crippen LogP contribution in [0.4, 0.5) is 10.1 Å². The lowest BCUT2D eigenvalue weighted by Gasteiger charge is -2.14. The van der Waals surface area contributed by atoms with E-state index in [0.29, 0.717) is 16.5 Å². The lowest BCUT2D eigenvalue weighted by Crippen LogP contribution is -2.21. The maximum Gasteiger partial charge on any atom is 0.236 e. The summed E-state index contributed by atoms with van der Waals surface area (Å²) in [4.78, 5) is 0. The molecule has 25 heavy (non-hydrogen) atoms. The van der Waals surface area contributed by atoms with Crippen molar-refractivity contribution in [3.63, 3.8) is 0 Å². The maximum absolute atomic E-state index is 12.8. The minimum atomic E-state index is -3.71. The first-order valence-electron chi connectivity index (χ1n) is 7.15. The van der Waals surface area contributed by atoms with Crippen molar-refractivity contribution in [3.8, 4) is 17.2 Å². The maximum atomic E-state index is 12.8. The first-order chi connectivity index (χ1) is 11.8. The van der Waals surface area contributed by atoms with Gasteiger partial charge in [-0.25, -0.2) is 12.8 Å². The largest absolute Gasteiger partial charge is 0.495 e. The van der Waals surface area contributed by atoms with Gasteiger partial charge in [-0.3, -0.25) is 4.72 Å². The number of anilines is 1. The van der Waals surface area contributed by atoms with Crippen molar-refractivity contribution in [1.82, 2.24) is 0 Å². The van der Waals surface area contributed by atoms with Crippen LogP contribution in [0.1, 0.15) is 0 Å². The van der Waals surface area contributed by atoms with E-state index in [2.05, 4.69) is 4.72 Å². The zero-order valence-corrected chi connectivity index (χ0v) is 15.2. The van der Waals surface area contributed by atoms with Crippen molar-refractivity contribution in [2.75, 3.05) is 31.3 Å². The topological polar surface area (TPSA) is 73.9 Å². The van der Waals surface area contributed by atoms with E-state index in [1.807, 2.05) is 0 Å². The van der Waals surface area contributed by atoms with E-state index in [0.717, 1.165) is 0 Å². The summed E-state index contributed by atoms with van der Waals surface area (Å²) in [5, 5.41) is 0.293. The Labute approximate surface area is 150 Å². The lowest BCUT2D eigenvalue weighted by molar-refractivity contribution is 0.340. The number of hydrogen-bond donors (Lipinski definition) is 1. The van der Waals surface area contributed by atoms with Crippen LogP contribution < -0.4 is 18.9 Å². The van der Waals surface area contributed by atoms with E-state index < -0.39 is 15.8 Å². The van der Waals surface area contributed by atoms with E-state index in [-0.39, 0.29) is 23.8 Å². The molecule has 0 saturated heterocycles. The van der Waals surface area contributed by atoms with Gasteiger partial charge in [0.15, 0.2) is 0 Å². The summed E-state index contributed by atoms with van der Waals surface area (Å²) >= 11 is 5.99. The third-order valence-electron chi connectivity index (χ3n) is 3.17. The second kappa shape index (κ2) is 8.26. The Morgan fingerprint density at radius 2 is 1.72 bits per heavy atom. The van der Waals surface area contributed by atoms with Crippen LogP contribution in [-0.4, -0.2) is 35.0 Å². The number of ether oxygens (including phenoxy) is 3. The highest BCUT2D eigenvalue weighted by molar-refractivity contribution is 7.92. The summed E-state index contributed by atoms with van der Waals surface area (Å²) in [5.74, 6) is 0.239. The minimum Gasteiger partial charge on any atom is -0.495 e. The van der Waals surface area contributed by atoms with Crippen molar-refractivity contribution >= 4 is 27.3 Å². The van der Waals surface area contributed by atoms with Gasteiger partial charge in [-0.2, -0.15) is 0 Å². The fraction of sp³-hybridized carbons (Fsp3) is 0.250. The number of halogens is 2. The van der Waals surface area contributed by atoms with Gasteiger partial charge in [0, 0.05) is 12.1 Å². The zero-order chi connectivity index (χ0) is 18.4. The van der Waals surface area contributed by atoms with Crippen LogP contribution in [-0.2, 0) is 10.0 Å². The van der Waals surface area contributed by atoms with Crippen LogP contribution in [0.5, 0.6) is 17.2 Å². The normalized spacial score (nSPS) is 11.0. The standard InChI is InChI=1S/C16H17ClFNO5S/c1-22-15-10-14(16(23-2)9-13(15)17)19-25(20,21)8-7-24-12-5-3-11(18)4-6-12/h3-6,9-10,19H,7-8H2,1-2H3. The van der Waals surface area contributed by atoms with Crippen molar-refractivity contribution in [1.29, 1.82) is 0 Å². The molecule has 2 rings (SSSR count). The molecule has 0 heterocycles. The molecule has 6 nitrogen and oxygen atoms in total. The van der Waals surface area contributed by atoms with Gasteiger partial charge < -0.3 is 14.2 Å². The van der Waals surface area contributed by atoms with E-state index in [4.69, 9.17) is 25.8 Å². The van der Waals surface area contributed by atoms with Crippen LogP contribution >= 0.6 is 11.6 Å². The fourth-order valence-electron chi connectivity index (χ4n) is 1.96. The average molecular weight is 390 g/mol. The number of nitrogens with one attached hydrogen (secondary N) is 1. The molecule has 0 radical (unpaired) electrons. The molecule has 0 spiro atoms. The van der Waals surface area contributed by atoms with Gasteiger partial charge in [-0.1, -0.05) is 11.6 Å². The predicted octanol–water partition coefficient (Wildman–Crippen LogP) is 3.32. The molecule has 0 aliphatic carbocycles. The number of sulfonamides is 1. The van der Waals surface area contributed by atoms with E-state index >= 15 is 0 Å². The molecular formula is C16H17ClFNO5S. The molecule has 0 fully saturated rings. The first-order valence-corrected chi connectivity index (χ1v) is 9.18. The second-order valence-electron chi connectivity index (χ2n) is 4.91. The molecule has 0 bridgehead atoms. The van der Waals surface area contributed by atoms with Gasteiger partial charge in [0.25, 0.3) is 0 Å². The molecule has 9 heteroatoms. The molecule has 2 aromatic carbocycles. The molecule has 1 N–H and O–H groups in total. The highest BCUT2D eigenvalue weighted by atomic mass is 35.5. The summed E-state index contributed by atoms with van der Waals surface area (Å²) in [6.07, 6.45) is 0. The summed E-state index contributed by atoms with van der Waals surface area (Å²) in [7, 11) is -0.896. The van der Waals surface area contributed by atoms with Gasteiger partial charge in [0.2, 0.25) is 10.0 Å². The Kier molecular flexibility index (Phi) is 6.33. The predicted molar refractivity (Wildman–Crippen MR) is 93.9 cm³/mol. The van der Waals surface area contributed by atoms with Crippen LogP contribution in [0.15, 0.2) is 36.4 Å². The third-order valence-corrected chi connectivity index (χ3v) is 4.70. The molecular weight excluding hydrogens is 373 g/mol. The Balaban J connectivity index is 2.04. The molecule has 0 atom stereocenters. The van der Waals surface area contributed by atoms with Crippen LogP contribution in [0.3, 0.4) is 0 Å². The van der Waals surface area contributed by atoms with Gasteiger partial charge in [-0.05, 0) is 24.3 Å². The van der Waals surface area contributed by atoms with Gasteiger partial charge in [0.05, 0.1) is 24.9 Å². The molecule has 0 unspecified atom stereocenters. The van der Waals surface area contributed by atoms with Crippen LogP contribution in [0, 0.1) is 5.82 Å². The van der Waals surface area contributed by atoms with Gasteiger partial charge >= 0.3 is 0 Å².